The van der Waals surface area contributed by atoms with E-state index >= 15 is 0 Å². The van der Waals surface area contributed by atoms with Gasteiger partial charge >= 0.3 is 0 Å². The SMILES string of the molecule is CC1(C)c2ccccc2-n2c3cc4ccccc4cc3c3c2c1cc1c2ccccc2n(-c2nc(-c4ccccc4)nc(-c4ccccc4)n2)c13. The van der Waals surface area contributed by atoms with E-state index in [-0.39, 0.29) is 5.41 Å². The lowest BCUT2D eigenvalue weighted by Gasteiger charge is -2.34. The van der Waals surface area contributed by atoms with E-state index < -0.39 is 0 Å². The van der Waals surface area contributed by atoms with Crippen LogP contribution in [-0.4, -0.2) is 24.1 Å². The molecule has 0 aliphatic carbocycles. The van der Waals surface area contributed by atoms with E-state index in [1.165, 1.54) is 60.2 Å². The molecule has 0 atom stereocenters. The van der Waals surface area contributed by atoms with Crippen molar-refractivity contribution in [3.05, 3.63) is 163 Å². The van der Waals surface area contributed by atoms with E-state index in [0.717, 1.165) is 22.2 Å². The Balaban J connectivity index is 1.37. The van der Waals surface area contributed by atoms with Crippen molar-refractivity contribution in [3.8, 4) is 34.4 Å². The molecule has 5 nitrogen and oxygen atoms in total. The summed E-state index contributed by atoms with van der Waals surface area (Å²) >= 11 is 0. The van der Waals surface area contributed by atoms with Gasteiger partial charge in [0.05, 0.1) is 27.8 Å². The largest absolute Gasteiger partial charge is 0.309 e. The second-order valence-electron chi connectivity index (χ2n) is 14.1. The summed E-state index contributed by atoms with van der Waals surface area (Å²) in [4.78, 5) is 15.6. The van der Waals surface area contributed by atoms with Gasteiger partial charge in [0.15, 0.2) is 11.6 Å². The Morgan fingerprint density at radius 2 is 1.06 bits per heavy atom. The van der Waals surface area contributed by atoms with Crippen molar-refractivity contribution in [1.29, 1.82) is 0 Å². The normalized spacial score (nSPS) is 13.5. The van der Waals surface area contributed by atoms with Gasteiger partial charge in [0, 0.05) is 38.1 Å². The van der Waals surface area contributed by atoms with Crippen molar-refractivity contribution in [2.75, 3.05) is 0 Å². The first-order valence-corrected chi connectivity index (χ1v) is 17.5. The highest BCUT2D eigenvalue weighted by atomic mass is 15.2. The first-order chi connectivity index (χ1) is 25.1. The molecule has 0 unspecified atom stereocenters. The lowest BCUT2D eigenvalue weighted by Crippen LogP contribution is -2.26. The van der Waals surface area contributed by atoms with Crippen LogP contribution in [0.3, 0.4) is 0 Å². The third-order valence-electron chi connectivity index (χ3n) is 10.9. The Kier molecular flexibility index (Phi) is 5.66. The number of hydrogen-bond acceptors (Lipinski definition) is 3. The fraction of sp³-hybridized carbons (Fsp3) is 0.0652. The highest BCUT2D eigenvalue weighted by molar-refractivity contribution is 6.28. The number of hydrogen-bond donors (Lipinski definition) is 0. The summed E-state index contributed by atoms with van der Waals surface area (Å²) in [6.07, 6.45) is 0. The molecule has 51 heavy (non-hydrogen) atoms. The van der Waals surface area contributed by atoms with E-state index in [0.29, 0.717) is 17.6 Å². The summed E-state index contributed by atoms with van der Waals surface area (Å²) < 4.78 is 4.80. The van der Waals surface area contributed by atoms with Crippen molar-refractivity contribution < 1.29 is 0 Å². The van der Waals surface area contributed by atoms with Crippen LogP contribution in [0.1, 0.15) is 25.0 Å². The summed E-state index contributed by atoms with van der Waals surface area (Å²) in [5.41, 5.74) is 10.1. The summed E-state index contributed by atoms with van der Waals surface area (Å²) in [7, 11) is 0. The summed E-state index contributed by atoms with van der Waals surface area (Å²) in [5.74, 6) is 1.88. The topological polar surface area (TPSA) is 48.5 Å². The maximum Gasteiger partial charge on any atom is 0.238 e. The first kappa shape index (κ1) is 28.3. The smallest absolute Gasteiger partial charge is 0.238 e. The van der Waals surface area contributed by atoms with Gasteiger partial charge in [-0.15, -0.1) is 0 Å². The Morgan fingerprint density at radius 1 is 0.451 bits per heavy atom. The number of nitrogens with zero attached hydrogens (tertiary/aromatic N) is 5. The Labute approximate surface area is 294 Å². The number of para-hydroxylation sites is 2. The lowest BCUT2D eigenvalue weighted by atomic mass is 9.74. The molecule has 0 spiro atoms. The van der Waals surface area contributed by atoms with Crippen LogP contribution < -0.4 is 0 Å². The minimum atomic E-state index is -0.232. The molecule has 0 amide bonds. The third kappa shape index (κ3) is 3.89. The molecule has 0 saturated heterocycles. The molecule has 0 fully saturated rings. The van der Waals surface area contributed by atoms with E-state index in [1.54, 1.807) is 0 Å². The summed E-state index contributed by atoms with van der Waals surface area (Å²) in [6, 6.07) is 53.9. The second kappa shape index (κ2) is 10.2. The zero-order valence-corrected chi connectivity index (χ0v) is 28.2. The summed E-state index contributed by atoms with van der Waals surface area (Å²) in [6.45, 7) is 4.74. The van der Waals surface area contributed by atoms with Crippen LogP contribution in [0.15, 0.2) is 152 Å². The number of rotatable bonds is 3. The molecule has 1 aliphatic heterocycles. The molecule has 10 aromatic rings. The predicted octanol–water partition coefficient (Wildman–Crippen LogP) is 11.2. The molecule has 7 aromatic carbocycles. The zero-order valence-electron chi connectivity index (χ0n) is 28.2. The maximum absolute atomic E-state index is 5.27. The van der Waals surface area contributed by atoms with E-state index in [1.807, 2.05) is 36.4 Å². The molecule has 4 heterocycles. The van der Waals surface area contributed by atoms with Gasteiger partial charge in [0.25, 0.3) is 0 Å². The van der Waals surface area contributed by atoms with Crippen molar-refractivity contribution in [3.63, 3.8) is 0 Å². The Morgan fingerprint density at radius 3 is 1.78 bits per heavy atom. The Hall–Kier alpha value is -6.59. The highest BCUT2D eigenvalue weighted by Crippen LogP contribution is 2.51. The number of fused-ring (bicyclic) bond motifs is 10. The molecule has 240 valence electrons. The zero-order chi connectivity index (χ0) is 33.8. The maximum atomic E-state index is 5.27. The number of aromatic nitrogens is 5. The minimum absolute atomic E-state index is 0.232. The highest BCUT2D eigenvalue weighted by Gasteiger charge is 2.37. The van der Waals surface area contributed by atoms with Crippen LogP contribution in [-0.2, 0) is 5.41 Å². The molecule has 11 rings (SSSR count). The average Bonchev–Trinajstić information content (AvgIpc) is 3.69. The molecule has 1 aliphatic rings. The lowest BCUT2D eigenvalue weighted by molar-refractivity contribution is 0.631. The summed E-state index contributed by atoms with van der Waals surface area (Å²) in [5, 5.41) is 7.23. The van der Waals surface area contributed by atoms with Crippen LogP contribution in [0, 0.1) is 0 Å². The predicted molar refractivity (Wildman–Crippen MR) is 209 cm³/mol. The first-order valence-electron chi connectivity index (χ1n) is 17.5. The van der Waals surface area contributed by atoms with E-state index in [9.17, 15) is 0 Å². The molecule has 0 N–H and O–H groups in total. The van der Waals surface area contributed by atoms with Gasteiger partial charge in [0.2, 0.25) is 5.95 Å². The van der Waals surface area contributed by atoms with Gasteiger partial charge < -0.3 is 4.57 Å². The molecular weight excluding hydrogens is 623 g/mol. The van der Waals surface area contributed by atoms with Gasteiger partial charge in [-0.05, 0) is 52.2 Å². The molecule has 0 bridgehead atoms. The molecule has 0 saturated carbocycles. The van der Waals surface area contributed by atoms with Crippen LogP contribution in [0.4, 0.5) is 0 Å². The molecular formula is C46H31N5. The second-order valence-corrected chi connectivity index (χ2v) is 14.1. The molecule has 0 radical (unpaired) electrons. The minimum Gasteiger partial charge on any atom is -0.309 e. The van der Waals surface area contributed by atoms with Gasteiger partial charge in [-0.2, -0.15) is 9.97 Å². The average molecular weight is 654 g/mol. The quantitative estimate of drug-likeness (QED) is 0.191. The third-order valence-corrected chi connectivity index (χ3v) is 10.9. The van der Waals surface area contributed by atoms with Crippen molar-refractivity contribution in [2.45, 2.75) is 19.3 Å². The van der Waals surface area contributed by atoms with Gasteiger partial charge in [-0.3, -0.25) is 4.57 Å². The number of benzene rings is 7. The molecule has 5 heteroatoms. The fourth-order valence-corrected chi connectivity index (χ4v) is 8.51. The molecule has 3 aromatic heterocycles. The fourth-order valence-electron chi connectivity index (χ4n) is 8.51. The van der Waals surface area contributed by atoms with Crippen LogP contribution >= 0.6 is 0 Å². The van der Waals surface area contributed by atoms with Gasteiger partial charge in [-0.25, -0.2) is 4.98 Å². The van der Waals surface area contributed by atoms with E-state index in [2.05, 4.69) is 138 Å². The van der Waals surface area contributed by atoms with E-state index in [4.69, 9.17) is 15.0 Å². The van der Waals surface area contributed by atoms with Crippen molar-refractivity contribution >= 4 is 54.4 Å². The standard InChI is InChI=1S/C46H31N5/c1-46(2)35-22-12-14-24-38(35)50-39-26-31-20-10-9-19-30(31)25-34(39)40-41-33(27-36(46)42(40)50)32-21-11-13-23-37(32)51(41)45-48-43(28-15-5-3-6-16-28)47-44(49-45)29-17-7-4-8-18-29/h3-27H,1-2H3. The monoisotopic (exact) mass is 653 g/mol. The van der Waals surface area contributed by atoms with Crippen molar-refractivity contribution in [2.24, 2.45) is 0 Å². The van der Waals surface area contributed by atoms with Crippen LogP contribution in [0.25, 0.3) is 88.8 Å². The Bertz CT molecular complexity index is 2980. The van der Waals surface area contributed by atoms with Crippen LogP contribution in [0.5, 0.6) is 0 Å². The van der Waals surface area contributed by atoms with Crippen LogP contribution in [0.2, 0.25) is 0 Å². The van der Waals surface area contributed by atoms with Crippen molar-refractivity contribution in [1.82, 2.24) is 24.1 Å². The van der Waals surface area contributed by atoms with Gasteiger partial charge in [0.1, 0.15) is 0 Å². The van der Waals surface area contributed by atoms with Gasteiger partial charge in [-0.1, -0.05) is 135 Å².